The van der Waals surface area contributed by atoms with E-state index in [0.29, 0.717) is 29.5 Å². The quantitative estimate of drug-likeness (QED) is 0.434. The van der Waals surface area contributed by atoms with E-state index in [9.17, 15) is 9.59 Å². The predicted octanol–water partition coefficient (Wildman–Crippen LogP) is 4.10. The molecule has 0 aliphatic carbocycles. The molecule has 2 aromatic carbocycles. The topological polar surface area (TPSA) is 82.7 Å². The lowest BCUT2D eigenvalue weighted by Gasteiger charge is -2.37. The van der Waals surface area contributed by atoms with E-state index in [1.807, 2.05) is 67.3 Å². The van der Waals surface area contributed by atoms with Gasteiger partial charge in [0, 0.05) is 24.5 Å². The molecule has 1 heterocycles. The summed E-state index contributed by atoms with van der Waals surface area (Å²) in [5.41, 5.74) is 3.69. The van der Waals surface area contributed by atoms with Gasteiger partial charge in [0.25, 0.3) is 0 Å². The number of hydrogen-bond donors (Lipinski definition) is 3. The first kappa shape index (κ1) is 23.3. The number of allylic oxidation sites excluding steroid dienone is 1. The van der Waals surface area contributed by atoms with Crippen LogP contribution in [0.1, 0.15) is 37.9 Å². The van der Waals surface area contributed by atoms with Crippen molar-refractivity contribution in [3.8, 4) is 0 Å². The highest BCUT2D eigenvalue weighted by Crippen LogP contribution is 2.32. The van der Waals surface area contributed by atoms with E-state index in [1.54, 1.807) is 13.0 Å². The zero-order chi connectivity index (χ0) is 23.1. The molecule has 2 aromatic rings. The first-order valence-corrected chi connectivity index (χ1v) is 11.0. The summed E-state index contributed by atoms with van der Waals surface area (Å²) in [6.07, 6.45) is 0. The van der Waals surface area contributed by atoms with Crippen molar-refractivity contribution < 1.29 is 14.3 Å². The first-order valence-electron chi connectivity index (χ1n) is 10.6. The number of esters is 1. The maximum atomic E-state index is 12.8. The summed E-state index contributed by atoms with van der Waals surface area (Å²) in [4.78, 5) is 27.0. The van der Waals surface area contributed by atoms with Crippen LogP contribution < -0.4 is 16.0 Å². The van der Waals surface area contributed by atoms with Gasteiger partial charge in [-0.25, -0.2) is 9.59 Å². The van der Waals surface area contributed by atoms with Crippen molar-refractivity contribution >= 4 is 35.0 Å². The molecule has 0 fully saturated rings. The highest BCUT2D eigenvalue weighted by Gasteiger charge is 2.34. The third-order valence-electron chi connectivity index (χ3n) is 5.18. The number of carbonyl (C=O) groups excluding carboxylic acids is 2. The number of rotatable bonds is 7. The van der Waals surface area contributed by atoms with Crippen molar-refractivity contribution in [3.63, 3.8) is 0 Å². The normalized spacial score (nSPS) is 15.8. The number of ether oxygens (including phenoxy) is 1. The molecule has 0 saturated heterocycles. The van der Waals surface area contributed by atoms with Crippen molar-refractivity contribution in [3.05, 3.63) is 77.0 Å². The summed E-state index contributed by atoms with van der Waals surface area (Å²) in [6.45, 7) is 6.96. The molecule has 3 N–H and O–H groups in total. The van der Waals surface area contributed by atoms with E-state index < -0.39 is 6.04 Å². The van der Waals surface area contributed by atoms with Crippen LogP contribution in [0.5, 0.6) is 0 Å². The Bertz CT molecular complexity index is 1020. The van der Waals surface area contributed by atoms with Gasteiger partial charge in [0.2, 0.25) is 0 Å². The minimum absolute atomic E-state index is 0.280. The van der Waals surface area contributed by atoms with Crippen LogP contribution in [0.4, 0.5) is 10.5 Å². The number of anilines is 1. The molecule has 168 valence electrons. The minimum Gasteiger partial charge on any atom is -0.463 e. The lowest BCUT2D eigenvalue weighted by molar-refractivity contribution is -0.139. The zero-order valence-electron chi connectivity index (χ0n) is 18.5. The Kier molecular flexibility index (Phi) is 7.83. The van der Waals surface area contributed by atoms with Gasteiger partial charge in [-0.05, 0) is 56.2 Å². The summed E-state index contributed by atoms with van der Waals surface area (Å²) >= 11 is 5.52. The van der Waals surface area contributed by atoms with E-state index in [-0.39, 0.29) is 18.6 Å². The number of amides is 2. The summed E-state index contributed by atoms with van der Waals surface area (Å²) in [5.74, 6) is -0.387. The average molecular weight is 453 g/mol. The molecule has 0 bridgehead atoms. The zero-order valence-corrected chi connectivity index (χ0v) is 19.3. The van der Waals surface area contributed by atoms with E-state index in [1.165, 1.54) is 0 Å². The summed E-state index contributed by atoms with van der Waals surface area (Å²) in [6, 6.07) is 16.2. The van der Waals surface area contributed by atoms with Crippen LogP contribution in [0.2, 0.25) is 0 Å². The molecule has 1 aliphatic rings. The predicted molar refractivity (Wildman–Crippen MR) is 129 cm³/mol. The summed E-state index contributed by atoms with van der Waals surface area (Å²) in [7, 11) is 0. The molecule has 0 radical (unpaired) electrons. The van der Waals surface area contributed by atoms with Gasteiger partial charge in [0.15, 0.2) is 5.11 Å². The number of thiocarbonyl (C=S) groups is 1. The van der Waals surface area contributed by atoms with Crippen molar-refractivity contribution in [1.82, 2.24) is 15.5 Å². The second kappa shape index (κ2) is 10.8. The van der Waals surface area contributed by atoms with Gasteiger partial charge in [-0.3, -0.25) is 0 Å². The summed E-state index contributed by atoms with van der Waals surface area (Å²) < 4.78 is 5.31. The Morgan fingerprint density at radius 2 is 1.88 bits per heavy atom. The molecule has 3 rings (SSSR count). The fourth-order valence-electron chi connectivity index (χ4n) is 3.63. The summed E-state index contributed by atoms with van der Waals surface area (Å²) in [5, 5.41) is 9.49. The van der Waals surface area contributed by atoms with E-state index >= 15 is 0 Å². The molecule has 2 amide bonds. The number of nitrogens with one attached hydrogen (secondary N) is 3. The first-order chi connectivity index (χ1) is 15.4. The number of carbonyl (C=O) groups is 2. The average Bonchev–Trinajstić information content (AvgIpc) is 2.78. The molecule has 0 spiro atoms. The Balaban J connectivity index is 1.80. The Morgan fingerprint density at radius 1 is 1.12 bits per heavy atom. The van der Waals surface area contributed by atoms with Crippen molar-refractivity contribution in [2.24, 2.45) is 0 Å². The van der Waals surface area contributed by atoms with E-state index in [0.717, 1.165) is 16.8 Å². The van der Waals surface area contributed by atoms with Gasteiger partial charge >= 0.3 is 12.0 Å². The highest BCUT2D eigenvalue weighted by molar-refractivity contribution is 7.80. The van der Waals surface area contributed by atoms with E-state index in [2.05, 4.69) is 16.0 Å². The van der Waals surface area contributed by atoms with Gasteiger partial charge < -0.3 is 25.6 Å². The van der Waals surface area contributed by atoms with Crippen molar-refractivity contribution in [2.45, 2.75) is 33.4 Å². The highest BCUT2D eigenvalue weighted by atomic mass is 32.1. The monoisotopic (exact) mass is 452 g/mol. The molecule has 0 aromatic heterocycles. The van der Waals surface area contributed by atoms with Crippen LogP contribution in [0.3, 0.4) is 0 Å². The van der Waals surface area contributed by atoms with Gasteiger partial charge in [0.1, 0.15) is 0 Å². The van der Waals surface area contributed by atoms with Crippen LogP contribution >= 0.6 is 12.2 Å². The van der Waals surface area contributed by atoms with Crippen LogP contribution in [0.15, 0.2) is 65.9 Å². The molecule has 1 aliphatic heterocycles. The smallest absolute Gasteiger partial charge is 0.338 e. The van der Waals surface area contributed by atoms with Gasteiger partial charge in [0.05, 0.1) is 18.2 Å². The third kappa shape index (κ3) is 5.45. The standard InChI is InChI=1S/C24H28N4O3S/c1-4-28-16(3)20(22(29)31-5-2)21(27-24(28)32)18-12-9-13-19(14-18)26-23(30)25-15-17-10-7-6-8-11-17/h6-14,21H,4-5,15H2,1-3H3,(H,27,32)(H2,25,26,30). The fraction of sp³-hybridized carbons (Fsp3) is 0.292. The number of benzene rings is 2. The van der Waals surface area contributed by atoms with Gasteiger partial charge in [-0.1, -0.05) is 42.5 Å². The third-order valence-corrected chi connectivity index (χ3v) is 5.52. The lowest BCUT2D eigenvalue weighted by Crippen LogP contribution is -2.47. The molecule has 1 unspecified atom stereocenters. The molecular weight excluding hydrogens is 424 g/mol. The maximum absolute atomic E-state index is 12.8. The molecule has 0 saturated carbocycles. The van der Waals surface area contributed by atoms with Gasteiger partial charge in [-0.2, -0.15) is 0 Å². The number of nitrogens with zero attached hydrogens (tertiary/aromatic N) is 1. The van der Waals surface area contributed by atoms with E-state index in [4.69, 9.17) is 17.0 Å². The van der Waals surface area contributed by atoms with Gasteiger partial charge in [-0.15, -0.1) is 0 Å². The lowest BCUT2D eigenvalue weighted by atomic mass is 9.94. The van der Waals surface area contributed by atoms with Crippen molar-refractivity contribution in [2.75, 3.05) is 18.5 Å². The Morgan fingerprint density at radius 3 is 2.56 bits per heavy atom. The second-order valence-corrected chi connectivity index (χ2v) is 7.65. The van der Waals surface area contributed by atoms with Crippen molar-refractivity contribution in [1.29, 1.82) is 0 Å². The van der Waals surface area contributed by atoms with Crippen LogP contribution in [-0.4, -0.2) is 35.2 Å². The fourth-order valence-corrected chi connectivity index (χ4v) is 4.02. The SMILES string of the molecule is CCOC(=O)C1=C(C)N(CC)C(=S)NC1c1cccc(NC(=O)NCc2ccccc2)c1. The second-order valence-electron chi connectivity index (χ2n) is 7.27. The molecule has 8 heteroatoms. The molecule has 7 nitrogen and oxygen atoms in total. The number of hydrogen-bond acceptors (Lipinski definition) is 4. The molecular formula is C24H28N4O3S. The van der Waals surface area contributed by atoms with Crippen LogP contribution in [0, 0.1) is 0 Å². The Labute approximate surface area is 193 Å². The minimum atomic E-state index is -0.474. The molecule has 1 atom stereocenters. The largest absolute Gasteiger partial charge is 0.463 e. The Hall–Kier alpha value is -3.39. The molecule has 32 heavy (non-hydrogen) atoms. The number of urea groups is 1. The van der Waals surface area contributed by atoms with Crippen LogP contribution in [-0.2, 0) is 16.1 Å². The van der Waals surface area contributed by atoms with Crippen LogP contribution in [0.25, 0.3) is 0 Å². The maximum Gasteiger partial charge on any atom is 0.338 e.